The second kappa shape index (κ2) is 63.7. The minimum atomic E-state index is -1.57. The second-order valence-corrected chi connectivity index (χ2v) is 26.1. The van der Waals surface area contributed by atoms with E-state index in [1.54, 1.807) is 6.08 Å². The highest BCUT2D eigenvalue weighted by atomic mass is 16.7. The quantitative estimate of drug-likeness (QED) is 0.0261. The predicted molar refractivity (Wildman–Crippen MR) is 355 cm³/mol. The van der Waals surface area contributed by atoms with E-state index in [4.69, 9.17) is 9.47 Å². The van der Waals surface area contributed by atoms with Crippen molar-refractivity contribution in [3.8, 4) is 0 Å². The Morgan fingerprint density at radius 2 is 0.687 bits per heavy atom. The smallest absolute Gasteiger partial charge is 0.220 e. The fourth-order valence-electron chi connectivity index (χ4n) is 12.2. The van der Waals surface area contributed by atoms with E-state index in [1.807, 2.05) is 6.08 Å². The number of allylic oxidation sites excluding steroid dienone is 3. The van der Waals surface area contributed by atoms with Crippen molar-refractivity contribution < 1.29 is 39.8 Å². The number of carbonyl (C=O) groups excluding carboxylic acids is 1. The molecule has 7 atom stereocenters. The number of unbranched alkanes of at least 4 members (excludes halogenated alkanes) is 54. The van der Waals surface area contributed by atoms with Crippen LogP contribution >= 0.6 is 0 Å². The van der Waals surface area contributed by atoms with Crippen LogP contribution in [-0.4, -0.2) is 87.5 Å². The van der Waals surface area contributed by atoms with Gasteiger partial charge < -0.3 is 40.3 Å². The Morgan fingerprint density at radius 3 is 1.01 bits per heavy atom. The van der Waals surface area contributed by atoms with E-state index in [0.717, 1.165) is 38.5 Å². The van der Waals surface area contributed by atoms with Gasteiger partial charge in [-0.05, 0) is 32.1 Å². The molecule has 1 amide bonds. The number of aliphatic hydroxyl groups excluding tert-OH is 5. The van der Waals surface area contributed by atoms with Crippen LogP contribution < -0.4 is 5.32 Å². The Kier molecular flexibility index (Phi) is 61.1. The summed E-state index contributed by atoms with van der Waals surface area (Å²) in [6.07, 6.45) is 77.4. The van der Waals surface area contributed by atoms with Crippen molar-refractivity contribution in [3.63, 3.8) is 0 Å². The molecule has 0 bridgehead atoms. The van der Waals surface area contributed by atoms with Gasteiger partial charge >= 0.3 is 0 Å². The Morgan fingerprint density at radius 1 is 0.398 bits per heavy atom. The molecule has 1 fully saturated rings. The lowest BCUT2D eigenvalue weighted by atomic mass is 9.99. The molecule has 0 aliphatic carbocycles. The highest BCUT2D eigenvalue weighted by Crippen LogP contribution is 2.24. The van der Waals surface area contributed by atoms with Crippen molar-refractivity contribution in [2.45, 2.75) is 429 Å². The van der Waals surface area contributed by atoms with Crippen LogP contribution in [0.2, 0.25) is 0 Å². The summed E-state index contributed by atoms with van der Waals surface area (Å²) in [4.78, 5) is 13.1. The largest absolute Gasteiger partial charge is 0.394 e. The number of rotatable bonds is 66. The maximum atomic E-state index is 13.1. The lowest BCUT2D eigenvalue weighted by Gasteiger charge is -2.40. The molecule has 0 aromatic heterocycles. The van der Waals surface area contributed by atoms with Gasteiger partial charge in [0.05, 0.1) is 25.4 Å². The number of carbonyl (C=O) groups is 1. The fourth-order valence-corrected chi connectivity index (χ4v) is 12.2. The van der Waals surface area contributed by atoms with Crippen LogP contribution in [-0.2, 0) is 14.3 Å². The molecule has 0 radical (unpaired) electrons. The average Bonchev–Trinajstić information content (AvgIpc) is 3.50. The third kappa shape index (κ3) is 52.3. The fraction of sp³-hybridized carbons (Fsp3) is 0.932. The number of hydrogen-bond acceptors (Lipinski definition) is 8. The molecule has 0 saturated carbocycles. The standard InChI is InChI=1S/C74H143NO8/c1-3-5-7-9-11-13-15-17-19-21-23-25-27-29-31-33-34-35-36-37-39-41-43-45-47-49-51-53-55-57-59-61-63-68(77)67(66-82-74-73(81)72(80)71(79)69(65-76)83-74)75-70(78)64-62-60-58-56-54-52-50-48-46-44-42-40-38-32-30-28-26-24-22-20-18-16-14-12-10-8-6-4-2/h53,55,61,63,67-69,71-74,76-77,79-81H,3-52,54,56-60,62,64-66H2,1-2H3,(H,75,78)/b55-53+,63-61+. The summed E-state index contributed by atoms with van der Waals surface area (Å²) in [6, 6.07) is -0.820. The normalized spacial score (nSPS) is 18.3. The second-order valence-electron chi connectivity index (χ2n) is 26.1. The van der Waals surface area contributed by atoms with Gasteiger partial charge in [0.2, 0.25) is 5.91 Å². The summed E-state index contributed by atoms with van der Waals surface area (Å²) < 4.78 is 11.3. The summed E-state index contributed by atoms with van der Waals surface area (Å²) in [7, 11) is 0. The summed E-state index contributed by atoms with van der Waals surface area (Å²) in [5.74, 6) is -0.177. The number of ether oxygens (including phenoxy) is 2. The van der Waals surface area contributed by atoms with Crippen LogP contribution in [0, 0.1) is 0 Å². The summed E-state index contributed by atoms with van der Waals surface area (Å²) in [5, 5.41) is 54.8. The lowest BCUT2D eigenvalue weighted by molar-refractivity contribution is -0.302. The minimum absolute atomic E-state index is 0.177. The van der Waals surface area contributed by atoms with E-state index in [1.165, 1.54) is 327 Å². The van der Waals surface area contributed by atoms with Crippen LogP contribution in [0.5, 0.6) is 0 Å². The Balaban J connectivity index is 2.11. The Bertz CT molecular complexity index is 1360. The molecule has 83 heavy (non-hydrogen) atoms. The molecule has 0 aromatic carbocycles. The highest BCUT2D eigenvalue weighted by Gasteiger charge is 2.44. The molecule has 7 unspecified atom stereocenters. The van der Waals surface area contributed by atoms with Crippen LogP contribution in [0.15, 0.2) is 24.3 Å². The summed E-state index contributed by atoms with van der Waals surface area (Å²) in [5.41, 5.74) is 0. The first-order valence-corrected chi connectivity index (χ1v) is 37.1. The molecule has 9 heteroatoms. The van der Waals surface area contributed by atoms with Crippen LogP contribution in [0.25, 0.3) is 0 Å². The van der Waals surface area contributed by atoms with E-state index in [0.29, 0.717) is 6.42 Å². The van der Waals surface area contributed by atoms with Crippen molar-refractivity contribution in [3.05, 3.63) is 24.3 Å². The molecular formula is C74H143NO8. The summed E-state index contributed by atoms with van der Waals surface area (Å²) >= 11 is 0. The van der Waals surface area contributed by atoms with Crippen molar-refractivity contribution >= 4 is 5.91 Å². The van der Waals surface area contributed by atoms with Crippen LogP contribution in [0.4, 0.5) is 0 Å². The SMILES string of the molecule is CCCCCCCCCCCCCCCCCCCCCCCCCCCC/C=C/CC/C=C/C(O)C(COC1OC(CO)C(O)C(O)C1O)NC(=O)CCCCCCCCCCCCCCCCCCCCCCCCCCCCCC. The molecule has 9 nitrogen and oxygen atoms in total. The number of hydrogen-bond donors (Lipinski definition) is 6. The average molecular weight is 1170 g/mol. The highest BCUT2D eigenvalue weighted by molar-refractivity contribution is 5.76. The monoisotopic (exact) mass is 1170 g/mol. The zero-order valence-corrected chi connectivity index (χ0v) is 55.2. The van der Waals surface area contributed by atoms with Crippen LogP contribution in [0.3, 0.4) is 0 Å². The lowest BCUT2D eigenvalue weighted by Crippen LogP contribution is -2.60. The summed E-state index contributed by atoms with van der Waals surface area (Å²) in [6.45, 7) is 3.83. The third-order valence-electron chi connectivity index (χ3n) is 18.0. The zero-order valence-electron chi connectivity index (χ0n) is 55.2. The Hall–Kier alpha value is -1.33. The van der Waals surface area contributed by atoms with Gasteiger partial charge in [-0.25, -0.2) is 0 Å². The van der Waals surface area contributed by atoms with Crippen molar-refractivity contribution in [1.29, 1.82) is 0 Å². The number of aliphatic hydroxyl groups is 5. The van der Waals surface area contributed by atoms with Crippen molar-refractivity contribution in [1.82, 2.24) is 5.32 Å². The first kappa shape index (κ1) is 79.7. The molecule has 1 heterocycles. The predicted octanol–water partition coefficient (Wildman–Crippen LogP) is 20.4. The molecule has 1 aliphatic rings. The molecule has 1 saturated heterocycles. The Labute approximate surface area is 515 Å². The molecule has 1 rings (SSSR count). The van der Waals surface area contributed by atoms with E-state index in [9.17, 15) is 30.3 Å². The van der Waals surface area contributed by atoms with Gasteiger partial charge in [-0.15, -0.1) is 0 Å². The maximum absolute atomic E-state index is 13.1. The van der Waals surface area contributed by atoms with Gasteiger partial charge in [0.15, 0.2) is 6.29 Å². The van der Waals surface area contributed by atoms with E-state index in [2.05, 4.69) is 31.3 Å². The van der Waals surface area contributed by atoms with E-state index in [-0.39, 0.29) is 12.5 Å². The van der Waals surface area contributed by atoms with E-state index >= 15 is 0 Å². The van der Waals surface area contributed by atoms with E-state index < -0.39 is 49.5 Å². The molecule has 1 aliphatic heterocycles. The third-order valence-corrected chi connectivity index (χ3v) is 18.0. The number of amides is 1. The van der Waals surface area contributed by atoms with Crippen molar-refractivity contribution in [2.24, 2.45) is 0 Å². The molecular weight excluding hydrogens is 1030 g/mol. The van der Waals surface area contributed by atoms with Gasteiger partial charge in [0.1, 0.15) is 24.4 Å². The molecule has 6 N–H and O–H groups in total. The first-order valence-electron chi connectivity index (χ1n) is 37.1. The molecule has 0 aromatic rings. The topological polar surface area (TPSA) is 149 Å². The number of nitrogens with one attached hydrogen (secondary N) is 1. The van der Waals surface area contributed by atoms with Gasteiger partial charge in [-0.2, -0.15) is 0 Å². The van der Waals surface area contributed by atoms with Gasteiger partial charge in [-0.3, -0.25) is 4.79 Å². The first-order chi connectivity index (χ1) is 40.8. The van der Waals surface area contributed by atoms with Gasteiger partial charge in [0.25, 0.3) is 0 Å². The maximum Gasteiger partial charge on any atom is 0.220 e. The van der Waals surface area contributed by atoms with Gasteiger partial charge in [0, 0.05) is 6.42 Å². The van der Waals surface area contributed by atoms with Gasteiger partial charge in [-0.1, -0.05) is 372 Å². The van der Waals surface area contributed by atoms with Crippen LogP contribution in [0.1, 0.15) is 386 Å². The minimum Gasteiger partial charge on any atom is -0.394 e. The molecule has 492 valence electrons. The zero-order chi connectivity index (χ0) is 60.0. The molecule has 0 spiro atoms. The van der Waals surface area contributed by atoms with Crippen molar-refractivity contribution in [2.75, 3.05) is 13.2 Å².